The zero-order chi connectivity index (χ0) is 7.40. The molecule has 0 saturated carbocycles. The van der Waals surface area contributed by atoms with Gasteiger partial charge in [0.2, 0.25) is 5.91 Å². The summed E-state index contributed by atoms with van der Waals surface area (Å²) >= 11 is 0. The molecule has 0 radical (unpaired) electrons. The van der Waals surface area contributed by atoms with Crippen LogP contribution >= 0.6 is 21.6 Å². The van der Waals surface area contributed by atoms with E-state index in [4.69, 9.17) is 0 Å². The van der Waals surface area contributed by atoms with Gasteiger partial charge in [0.05, 0.1) is 0 Å². The van der Waals surface area contributed by atoms with E-state index in [0.717, 1.165) is 12.0 Å². The van der Waals surface area contributed by atoms with Crippen LogP contribution in [0.2, 0.25) is 0 Å². The van der Waals surface area contributed by atoms with E-state index in [-0.39, 0.29) is 11.3 Å². The van der Waals surface area contributed by atoms with E-state index in [0.29, 0.717) is 6.42 Å². The van der Waals surface area contributed by atoms with Gasteiger partial charge in [-0.2, -0.15) is 0 Å². The minimum absolute atomic E-state index is 0.0328. The Balaban J connectivity index is 2.45. The van der Waals surface area contributed by atoms with Crippen LogP contribution in [0.3, 0.4) is 0 Å². The van der Waals surface area contributed by atoms with Gasteiger partial charge < -0.3 is 10.1 Å². The third kappa shape index (κ3) is 2.22. The largest absolute Gasteiger partial charge is 0.337 e. The Morgan fingerprint density at radius 1 is 1.70 bits per heavy atom. The quantitative estimate of drug-likeness (QED) is 0.465. The molecule has 1 heterocycles. The normalized spacial score (nSPS) is 26.8. The first-order valence-corrected chi connectivity index (χ1v) is 5.24. The fourth-order valence-electron chi connectivity index (χ4n) is 0.567. The summed E-state index contributed by atoms with van der Waals surface area (Å²) in [6, 6.07) is 0. The van der Waals surface area contributed by atoms with E-state index in [2.05, 4.69) is 5.32 Å². The molecule has 0 spiro atoms. The first-order valence-electron chi connectivity index (χ1n) is 2.86. The van der Waals surface area contributed by atoms with Crippen molar-refractivity contribution in [3.05, 3.63) is 0 Å². The highest BCUT2D eigenvalue weighted by atomic mass is 33.1. The molecular weight excluding hydrogens is 170 g/mol. The fraction of sp³-hybridized carbons (Fsp3) is 0.600. The van der Waals surface area contributed by atoms with Gasteiger partial charge in [0.15, 0.2) is 6.29 Å². The van der Waals surface area contributed by atoms with E-state index in [1.807, 2.05) is 0 Å². The number of carbonyl (C=O) groups is 2. The van der Waals surface area contributed by atoms with Crippen molar-refractivity contribution < 1.29 is 9.59 Å². The van der Waals surface area contributed by atoms with Gasteiger partial charge in [-0.3, -0.25) is 4.79 Å². The summed E-state index contributed by atoms with van der Waals surface area (Å²) in [5.74, 6) is 0.760. The van der Waals surface area contributed by atoms with E-state index in [9.17, 15) is 9.59 Å². The maximum atomic E-state index is 10.8. The zero-order valence-corrected chi connectivity index (χ0v) is 6.83. The molecule has 0 aromatic heterocycles. The van der Waals surface area contributed by atoms with Crippen molar-refractivity contribution in [2.45, 2.75) is 11.8 Å². The predicted octanol–water partition coefficient (Wildman–Crippen LogP) is 0.413. The summed E-state index contributed by atoms with van der Waals surface area (Å²) < 4.78 is 0. The van der Waals surface area contributed by atoms with Crippen molar-refractivity contribution in [3.63, 3.8) is 0 Å². The number of rotatable bonds is 1. The van der Waals surface area contributed by atoms with Gasteiger partial charge in [-0.05, 0) is 0 Å². The van der Waals surface area contributed by atoms with Crippen LogP contribution in [0.15, 0.2) is 0 Å². The minimum atomic E-state index is -0.347. The van der Waals surface area contributed by atoms with Crippen LogP contribution in [0.4, 0.5) is 0 Å². The molecule has 0 unspecified atom stereocenters. The van der Waals surface area contributed by atoms with Crippen molar-refractivity contribution >= 4 is 33.8 Å². The smallest absolute Gasteiger partial charge is 0.222 e. The Hall–Kier alpha value is -0.160. The Labute approximate surface area is 66.7 Å². The van der Waals surface area contributed by atoms with Crippen molar-refractivity contribution in [3.8, 4) is 0 Å². The Morgan fingerprint density at radius 2 is 2.50 bits per heavy atom. The predicted molar refractivity (Wildman–Crippen MR) is 42.7 cm³/mol. The van der Waals surface area contributed by atoms with Crippen molar-refractivity contribution in [2.75, 3.05) is 5.75 Å². The summed E-state index contributed by atoms with van der Waals surface area (Å²) in [7, 11) is 2.96. The number of aldehydes is 1. The van der Waals surface area contributed by atoms with Gasteiger partial charge in [0, 0.05) is 12.2 Å². The van der Waals surface area contributed by atoms with Crippen LogP contribution in [0, 0.1) is 0 Å². The summed E-state index contributed by atoms with van der Waals surface area (Å²) in [5.41, 5.74) is 0. The molecule has 0 bridgehead atoms. The highest BCUT2D eigenvalue weighted by Gasteiger charge is 2.15. The zero-order valence-electron chi connectivity index (χ0n) is 5.20. The number of nitrogens with one attached hydrogen (secondary N) is 1. The molecule has 1 saturated heterocycles. The molecule has 1 fully saturated rings. The number of hydrogen-bond acceptors (Lipinski definition) is 4. The molecule has 5 heteroatoms. The van der Waals surface area contributed by atoms with E-state index < -0.39 is 0 Å². The lowest BCUT2D eigenvalue weighted by atomic mass is 10.4. The molecule has 1 amide bonds. The number of amides is 1. The standard InChI is InChI=1S/C5H7NO2S2/c7-3-5-6-4(8)1-2-9-10-5/h3,5H,1-2H2,(H,6,8)/t5-/m1/s1. The fourth-order valence-corrected chi connectivity index (χ4v) is 2.56. The summed E-state index contributed by atoms with van der Waals surface area (Å²) in [5, 5.41) is 2.22. The molecule has 1 aliphatic heterocycles. The summed E-state index contributed by atoms with van der Waals surface area (Å²) in [6.45, 7) is 0. The molecule has 1 aliphatic rings. The highest BCUT2D eigenvalue weighted by Crippen LogP contribution is 2.27. The van der Waals surface area contributed by atoms with Crippen LogP contribution in [0.25, 0.3) is 0 Å². The second-order valence-electron chi connectivity index (χ2n) is 1.79. The van der Waals surface area contributed by atoms with Gasteiger partial charge in [-0.25, -0.2) is 0 Å². The lowest BCUT2D eigenvalue weighted by Crippen LogP contribution is -2.31. The third-order valence-electron chi connectivity index (χ3n) is 1.01. The van der Waals surface area contributed by atoms with Gasteiger partial charge in [0.1, 0.15) is 5.37 Å². The van der Waals surface area contributed by atoms with Gasteiger partial charge in [-0.1, -0.05) is 21.6 Å². The second kappa shape index (κ2) is 3.88. The van der Waals surface area contributed by atoms with Crippen LogP contribution in [-0.2, 0) is 9.59 Å². The van der Waals surface area contributed by atoms with Gasteiger partial charge in [0.25, 0.3) is 0 Å². The average molecular weight is 177 g/mol. The lowest BCUT2D eigenvalue weighted by molar-refractivity contribution is -0.122. The van der Waals surface area contributed by atoms with Gasteiger partial charge >= 0.3 is 0 Å². The lowest BCUT2D eigenvalue weighted by Gasteiger charge is -2.04. The number of hydrogen-bond donors (Lipinski definition) is 1. The average Bonchev–Trinajstić information content (AvgIpc) is 2.13. The molecule has 0 aromatic rings. The topological polar surface area (TPSA) is 46.2 Å². The molecule has 56 valence electrons. The van der Waals surface area contributed by atoms with Gasteiger partial charge in [-0.15, -0.1) is 0 Å². The number of carbonyl (C=O) groups excluding carboxylic acids is 2. The van der Waals surface area contributed by atoms with E-state index in [1.165, 1.54) is 10.8 Å². The first-order chi connectivity index (χ1) is 4.83. The minimum Gasteiger partial charge on any atom is -0.337 e. The van der Waals surface area contributed by atoms with Crippen LogP contribution in [-0.4, -0.2) is 23.3 Å². The summed E-state index contributed by atoms with van der Waals surface area (Å²) in [4.78, 5) is 21.0. The van der Waals surface area contributed by atoms with E-state index >= 15 is 0 Å². The molecule has 10 heavy (non-hydrogen) atoms. The molecular formula is C5H7NO2S2. The van der Waals surface area contributed by atoms with E-state index in [1.54, 1.807) is 10.8 Å². The third-order valence-corrected chi connectivity index (χ3v) is 3.48. The molecule has 0 aliphatic carbocycles. The maximum Gasteiger partial charge on any atom is 0.222 e. The molecule has 1 N–H and O–H groups in total. The van der Waals surface area contributed by atoms with Crippen LogP contribution in [0.5, 0.6) is 0 Å². The highest BCUT2D eigenvalue weighted by molar-refractivity contribution is 8.77. The molecule has 1 atom stereocenters. The van der Waals surface area contributed by atoms with Crippen molar-refractivity contribution in [2.24, 2.45) is 0 Å². The van der Waals surface area contributed by atoms with Crippen molar-refractivity contribution in [1.29, 1.82) is 0 Å². The van der Waals surface area contributed by atoms with Crippen LogP contribution < -0.4 is 5.32 Å². The Kier molecular flexibility index (Phi) is 3.08. The Bertz CT molecular complexity index is 151. The molecule has 1 rings (SSSR count). The summed E-state index contributed by atoms with van der Waals surface area (Å²) in [6.07, 6.45) is 1.27. The maximum absolute atomic E-state index is 10.8. The second-order valence-corrected chi connectivity index (χ2v) is 4.42. The van der Waals surface area contributed by atoms with Crippen LogP contribution in [0.1, 0.15) is 6.42 Å². The SMILES string of the molecule is O=C[C@@H]1NC(=O)CCSS1. The Morgan fingerprint density at radius 3 is 3.20 bits per heavy atom. The molecule has 3 nitrogen and oxygen atoms in total. The van der Waals surface area contributed by atoms with Crippen molar-refractivity contribution in [1.82, 2.24) is 5.32 Å². The monoisotopic (exact) mass is 177 g/mol. The first kappa shape index (κ1) is 7.94. The molecule has 0 aromatic carbocycles.